The van der Waals surface area contributed by atoms with Gasteiger partial charge in [-0.3, -0.25) is 19.2 Å². The summed E-state index contributed by atoms with van der Waals surface area (Å²) in [4.78, 5) is 23.0. The molecular formula is C18H18ClN3O5S. The van der Waals surface area contributed by atoms with Gasteiger partial charge in [-0.15, -0.1) is 0 Å². The van der Waals surface area contributed by atoms with Crippen LogP contribution in [0, 0.1) is 17.0 Å². The molecule has 1 N–H and O–H groups in total. The fourth-order valence-electron chi connectivity index (χ4n) is 3.00. The second-order valence-corrected chi connectivity index (χ2v) is 8.89. The monoisotopic (exact) mass is 423 g/mol. The smallest absolute Gasteiger partial charge is 0.271 e. The summed E-state index contributed by atoms with van der Waals surface area (Å²) < 4.78 is 26.1. The van der Waals surface area contributed by atoms with E-state index in [-0.39, 0.29) is 27.7 Å². The summed E-state index contributed by atoms with van der Waals surface area (Å²) in [5.41, 5.74) is 1.31. The minimum atomic E-state index is -3.42. The van der Waals surface area contributed by atoms with Crippen molar-refractivity contribution in [1.29, 1.82) is 0 Å². The number of nitro groups is 1. The van der Waals surface area contributed by atoms with E-state index in [2.05, 4.69) is 5.32 Å². The molecule has 10 heteroatoms. The molecule has 0 unspecified atom stereocenters. The van der Waals surface area contributed by atoms with E-state index >= 15 is 0 Å². The van der Waals surface area contributed by atoms with Gasteiger partial charge in [0.2, 0.25) is 10.0 Å². The predicted octanol–water partition coefficient (Wildman–Crippen LogP) is 3.74. The van der Waals surface area contributed by atoms with Crippen LogP contribution in [0.2, 0.25) is 5.02 Å². The number of sulfonamides is 1. The molecule has 0 radical (unpaired) electrons. The van der Waals surface area contributed by atoms with Crippen molar-refractivity contribution in [3.63, 3.8) is 0 Å². The van der Waals surface area contributed by atoms with E-state index in [4.69, 9.17) is 11.6 Å². The molecule has 1 fully saturated rings. The van der Waals surface area contributed by atoms with E-state index in [1.165, 1.54) is 28.6 Å². The zero-order valence-corrected chi connectivity index (χ0v) is 16.6. The zero-order valence-electron chi connectivity index (χ0n) is 15.0. The number of non-ortho nitro benzene ring substituents is 1. The summed E-state index contributed by atoms with van der Waals surface area (Å²) in [6.07, 6.45) is 1.36. The van der Waals surface area contributed by atoms with Crippen molar-refractivity contribution in [1.82, 2.24) is 0 Å². The molecular weight excluding hydrogens is 406 g/mol. The SMILES string of the molecule is Cc1ccc(C(=O)Nc2cc([N+](=O)[O-])ccc2Cl)cc1N1CCCCS1(=O)=O. The average molecular weight is 424 g/mol. The number of aryl methyl sites for hydroxylation is 1. The number of amides is 1. The Kier molecular flexibility index (Phi) is 5.57. The molecule has 28 heavy (non-hydrogen) atoms. The zero-order chi connectivity index (χ0) is 20.5. The molecule has 148 valence electrons. The van der Waals surface area contributed by atoms with Gasteiger partial charge in [0.1, 0.15) is 0 Å². The van der Waals surface area contributed by atoms with E-state index in [0.29, 0.717) is 18.7 Å². The van der Waals surface area contributed by atoms with Crippen molar-refractivity contribution in [2.45, 2.75) is 19.8 Å². The number of carbonyl (C=O) groups is 1. The van der Waals surface area contributed by atoms with Crippen LogP contribution >= 0.6 is 11.6 Å². The van der Waals surface area contributed by atoms with Crippen molar-refractivity contribution in [2.75, 3.05) is 21.9 Å². The number of anilines is 2. The Balaban J connectivity index is 1.92. The lowest BCUT2D eigenvalue weighted by Gasteiger charge is -2.29. The second kappa shape index (κ2) is 7.76. The summed E-state index contributed by atoms with van der Waals surface area (Å²) in [5, 5.41) is 13.6. The first-order chi connectivity index (χ1) is 13.2. The molecule has 8 nitrogen and oxygen atoms in total. The Bertz CT molecular complexity index is 1060. The van der Waals surface area contributed by atoms with Crippen LogP contribution in [0.25, 0.3) is 0 Å². The minimum Gasteiger partial charge on any atom is -0.320 e. The molecule has 1 saturated heterocycles. The van der Waals surface area contributed by atoms with Crippen molar-refractivity contribution in [3.05, 3.63) is 62.7 Å². The number of carbonyl (C=O) groups excluding carboxylic acids is 1. The summed E-state index contributed by atoms with van der Waals surface area (Å²) in [5.74, 6) is -0.468. The van der Waals surface area contributed by atoms with Gasteiger partial charge in [-0.05, 0) is 43.5 Å². The number of nitrogens with one attached hydrogen (secondary N) is 1. The van der Waals surface area contributed by atoms with Gasteiger partial charge in [0.25, 0.3) is 11.6 Å². The lowest BCUT2D eigenvalue weighted by Crippen LogP contribution is -2.38. The van der Waals surface area contributed by atoms with Gasteiger partial charge in [0.05, 0.1) is 27.1 Å². The van der Waals surface area contributed by atoms with Crippen LogP contribution in [0.1, 0.15) is 28.8 Å². The predicted molar refractivity (Wildman–Crippen MR) is 108 cm³/mol. The Morgan fingerprint density at radius 3 is 2.64 bits per heavy atom. The fraction of sp³-hybridized carbons (Fsp3) is 0.278. The van der Waals surface area contributed by atoms with E-state index < -0.39 is 20.9 Å². The number of rotatable bonds is 4. The van der Waals surface area contributed by atoms with Gasteiger partial charge < -0.3 is 5.32 Å². The molecule has 2 aromatic carbocycles. The number of hydrogen-bond donors (Lipinski definition) is 1. The van der Waals surface area contributed by atoms with Crippen molar-refractivity contribution in [2.24, 2.45) is 0 Å². The third-order valence-corrected chi connectivity index (χ3v) is 6.68. The number of hydrogen-bond acceptors (Lipinski definition) is 5. The molecule has 1 amide bonds. The number of halogens is 1. The van der Waals surface area contributed by atoms with Crippen molar-refractivity contribution in [3.8, 4) is 0 Å². The molecule has 1 aliphatic heterocycles. The molecule has 0 saturated carbocycles. The first kappa shape index (κ1) is 20.1. The van der Waals surface area contributed by atoms with Crippen LogP contribution in [0.15, 0.2) is 36.4 Å². The summed E-state index contributed by atoms with van der Waals surface area (Å²) in [6.45, 7) is 2.14. The first-order valence-electron chi connectivity index (χ1n) is 8.55. The highest BCUT2D eigenvalue weighted by Crippen LogP contribution is 2.30. The standard InChI is InChI=1S/C18H18ClN3O5S/c1-12-4-5-13(10-17(12)21-8-2-3-9-28(21,26)27)18(23)20-16-11-14(22(24)25)6-7-15(16)19/h4-7,10-11H,2-3,8-9H2,1H3,(H,20,23). The van der Waals surface area contributed by atoms with Crippen LogP contribution in [-0.2, 0) is 10.0 Å². The van der Waals surface area contributed by atoms with E-state index in [9.17, 15) is 23.3 Å². The van der Waals surface area contributed by atoms with Gasteiger partial charge in [-0.1, -0.05) is 17.7 Å². The van der Waals surface area contributed by atoms with Crippen LogP contribution in [-0.4, -0.2) is 31.5 Å². The fourth-order valence-corrected chi connectivity index (χ4v) is 4.85. The van der Waals surface area contributed by atoms with Crippen molar-refractivity contribution >= 4 is 44.6 Å². The Labute approximate surface area is 167 Å². The average Bonchev–Trinajstić information content (AvgIpc) is 2.63. The molecule has 0 aromatic heterocycles. The Morgan fingerprint density at radius 2 is 1.96 bits per heavy atom. The Morgan fingerprint density at radius 1 is 1.21 bits per heavy atom. The highest BCUT2D eigenvalue weighted by Gasteiger charge is 2.27. The van der Waals surface area contributed by atoms with Gasteiger partial charge in [-0.25, -0.2) is 8.42 Å². The summed E-state index contributed by atoms with van der Waals surface area (Å²) >= 11 is 6.02. The van der Waals surface area contributed by atoms with Gasteiger partial charge in [0.15, 0.2) is 0 Å². The normalized spacial score (nSPS) is 15.9. The number of benzene rings is 2. The van der Waals surface area contributed by atoms with Gasteiger partial charge in [0, 0.05) is 24.2 Å². The second-order valence-electron chi connectivity index (χ2n) is 6.47. The quantitative estimate of drug-likeness (QED) is 0.595. The number of nitro benzene ring substituents is 1. The molecule has 0 atom stereocenters. The molecule has 1 aliphatic rings. The molecule has 0 aliphatic carbocycles. The van der Waals surface area contributed by atoms with Crippen LogP contribution in [0.3, 0.4) is 0 Å². The maximum absolute atomic E-state index is 12.6. The lowest BCUT2D eigenvalue weighted by atomic mass is 10.1. The van der Waals surface area contributed by atoms with Crippen LogP contribution in [0.5, 0.6) is 0 Å². The summed E-state index contributed by atoms with van der Waals surface area (Å²) in [6, 6.07) is 8.49. The molecule has 2 aromatic rings. The van der Waals surface area contributed by atoms with Crippen LogP contribution < -0.4 is 9.62 Å². The van der Waals surface area contributed by atoms with E-state index in [1.807, 2.05) is 0 Å². The highest BCUT2D eigenvalue weighted by atomic mass is 35.5. The largest absolute Gasteiger partial charge is 0.320 e. The Hall–Kier alpha value is -2.65. The van der Waals surface area contributed by atoms with Gasteiger partial charge in [-0.2, -0.15) is 0 Å². The van der Waals surface area contributed by atoms with E-state index in [0.717, 1.165) is 12.0 Å². The van der Waals surface area contributed by atoms with E-state index in [1.54, 1.807) is 19.1 Å². The summed E-state index contributed by atoms with van der Waals surface area (Å²) in [7, 11) is -3.42. The van der Waals surface area contributed by atoms with Gasteiger partial charge >= 0.3 is 0 Å². The highest BCUT2D eigenvalue weighted by molar-refractivity contribution is 7.92. The maximum atomic E-state index is 12.6. The minimum absolute atomic E-state index is 0.0756. The molecule has 3 rings (SSSR count). The lowest BCUT2D eigenvalue weighted by molar-refractivity contribution is -0.384. The molecule has 0 bridgehead atoms. The third-order valence-electron chi connectivity index (χ3n) is 4.50. The maximum Gasteiger partial charge on any atom is 0.271 e. The third kappa shape index (κ3) is 4.10. The van der Waals surface area contributed by atoms with Crippen molar-refractivity contribution < 1.29 is 18.1 Å². The first-order valence-corrected chi connectivity index (χ1v) is 10.5. The number of nitrogens with zero attached hydrogens (tertiary/aromatic N) is 2. The topological polar surface area (TPSA) is 110 Å². The van der Waals surface area contributed by atoms with Crippen LogP contribution in [0.4, 0.5) is 17.1 Å². The molecule has 0 spiro atoms. The molecule has 1 heterocycles.